The second-order valence-electron chi connectivity index (χ2n) is 12.8. The van der Waals surface area contributed by atoms with Gasteiger partial charge >= 0.3 is 0 Å². The van der Waals surface area contributed by atoms with E-state index in [1.807, 2.05) is 0 Å². The summed E-state index contributed by atoms with van der Waals surface area (Å²) in [6.45, 7) is 12.7. The van der Waals surface area contributed by atoms with Crippen LogP contribution in [0.1, 0.15) is 85.8 Å². The Labute approximate surface area is 250 Å². The van der Waals surface area contributed by atoms with E-state index in [1.165, 1.54) is 66.2 Å². The van der Waals surface area contributed by atoms with Gasteiger partial charge in [0.1, 0.15) is 5.78 Å². The normalized spacial score (nSPS) is 18.7. The molecule has 2 nitrogen and oxygen atoms in total. The number of hydrogen-bond acceptors (Lipinski definition) is 2. The van der Waals surface area contributed by atoms with Crippen molar-refractivity contribution in [3.63, 3.8) is 0 Å². The first-order chi connectivity index (χ1) is 20.1. The smallest absolute Gasteiger partial charge is 0.137 e. The van der Waals surface area contributed by atoms with Gasteiger partial charge in [0.05, 0.1) is 5.54 Å². The molecule has 212 valence electrons. The summed E-state index contributed by atoms with van der Waals surface area (Å²) < 4.78 is 0. The number of allylic oxidation sites excluding steroid dienone is 1. The van der Waals surface area contributed by atoms with E-state index in [9.17, 15) is 4.79 Å². The van der Waals surface area contributed by atoms with E-state index in [-0.39, 0.29) is 17.2 Å². The van der Waals surface area contributed by atoms with Crippen molar-refractivity contribution in [2.45, 2.75) is 71.8 Å². The summed E-state index contributed by atoms with van der Waals surface area (Å²) in [5.74, 6) is 0.653. The van der Waals surface area contributed by atoms with Crippen molar-refractivity contribution in [2.75, 3.05) is 5.32 Å². The Kier molecular flexibility index (Phi) is 7.27. The zero-order chi connectivity index (χ0) is 29.6. The maximum Gasteiger partial charge on any atom is 0.137 e. The minimum atomic E-state index is 0.0239. The van der Waals surface area contributed by atoms with Crippen LogP contribution in [0.5, 0.6) is 0 Å². The largest absolute Gasteiger partial charge is 0.376 e. The Morgan fingerprint density at radius 1 is 0.786 bits per heavy atom. The lowest BCUT2D eigenvalue weighted by atomic mass is 9.71. The Balaban J connectivity index is 0.000000179. The number of hydrogen-bond donors (Lipinski definition) is 1. The van der Waals surface area contributed by atoms with Crippen LogP contribution in [0.15, 0.2) is 97.1 Å². The maximum absolute atomic E-state index is 12.4. The summed E-state index contributed by atoms with van der Waals surface area (Å²) in [4.78, 5) is 12.4. The molecule has 2 aliphatic rings. The number of rotatable bonds is 2. The number of carbonyl (C=O) groups excluding carboxylic acids is 1. The Hall–Kier alpha value is -4.17. The first kappa shape index (κ1) is 28.0. The number of benzene rings is 5. The van der Waals surface area contributed by atoms with Crippen molar-refractivity contribution in [2.24, 2.45) is 0 Å². The molecule has 42 heavy (non-hydrogen) atoms. The zero-order valence-corrected chi connectivity index (χ0v) is 25.7. The molecular formula is C40H41NO. The van der Waals surface area contributed by atoms with Gasteiger partial charge in [-0.25, -0.2) is 0 Å². The van der Waals surface area contributed by atoms with Gasteiger partial charge in [-0.1, -0.05) is 96.6 Å². The van der Waals surface area contributed by atoms with Gasteiger partial charge in [0.25, 0.3) is 0 Å². The van der Waals surface area contributed by atoms with E-state index >= 15 is 0 Å². The topological polar surface area (TPSA) is 29.1 Å². The molecule has 2 heteroatoms. The average molecular weight is 552 g/mol. The number of fused-ring (bicyclic) bond motifs is 6. The summed E-state index contributed by atoms with van der Waals surface area (Å²) in [5, 5.41) is 8.72. The van der Waals surface area contributed by atoms with Gasteiger partial charge in [-0.15, -0.1) is 0 Å². The van der Waals surface area contributed by atoms with Gasteiger partial charge in [0.15, 0.2) is 0 Å². The highest BCUT2D eigenvalue weighted by Crippen LogP contribution is 2.46. The standard InChI is InChI=1S/C26H22O.C14H19N/c1-17(27)20-13-14-22(18-7-3-2-4-8-18)26-24(20)16-15-23-21-10-6-5-9-19(21)11-12-25(23)26;1-9-6-10(2)13-12(7-9)11(3)8-14(4,5)15-13/h2-12,15-16,20,22H,13-14H2,1H3;6-8,15H,1-5H3. The molecule has 0 fully saturated rings. The number of anilines is 1. The third-order valence-electron chi connectivity index (χ3n) is 9.09. The van der Waals surface area contributed by atoms with Crippen LogP contribution in [0.4, 0.5) is 5.69 Å². The molecular weight excluding hydrogens is 510 g/mol. The molecule has 2 unspecified atom stereocenters. The molecule has 1 aliphatic heterocycles. The van der Waals surface area contributed by atoms with E-state index in [2.05, 4.69) is 137 Å². The molecule has 0 spiro atoms. The van der Waals surface area contributed by atoms with Crippen LogP contribution in [0.2, 0.25) is 0 Å². The predicted molar refractivity (Wildman–Crippen MR) is 180 cm³/mol. The fourth-order valence-electron chi connectivity index (χ4n) is 7.32. The molecule has 0 bridgehead atoms. The van der Waals surface area contributed by atoms with E-state index in [0.717, 1.165) is 12.8 Å². The van der Waals surface area contributed by atoms with Crippen molar-refractivity contribution >= 4 is 38.6 Å². The van der Waals surface area contributed by atoms with Gasteiger partial charge in [-0.3, -0.25) is 4.79 Å². The molecule has 7 rings (SSSR count). The highest BCUT2D eigenvalue weighted by atomic mass is 16.1. The second-order valence-corrected chi connectivity index (χ2v) is 12.8. The minimum Gasteiger partial charge on any atom is -0.376 e. The van der Waals surface area contributed by atoms with Gasteiger partial charge in [0, 0.05) is 23.1 Å². The van der Waals surface area contributed by atoms with Crippen LogP contribution in [-0.2, 0) is 4.79 Å². The molecule has 0 radical (unpaired) electrons. The van der Waals surface area contributed by atoms with Gasteiger partial charge in [0.2, 0.25) is 0 Å². The lowest BCUT2D eigenvalue weighted by molar-refractivity contribution is -0.118. The summed E-state index contributed by atoms with van der Waals surface area (Å²) in [6.07, 6.45) is 4.25. The van der Waals surface area contributed by atoms with E-state index in [0.29, 0.717) is 5.92 Å². The second kappa shape index (κ2) is 10.9. The van der Waals surface area contributed by atoms with Gasteiger partial charge in [-0.2, -0.15) is 0 Å². The fourth-order valence-corrected chi connectivity index (χ4v) is 7.32. The van der Waals surface area contributed by atoms with Crippen molar-refractivity contribution in [1.82, 2.24) is 0 Å². The van der Waals surface area contributed by atoms with Crippen molar-refractivity contribution in [1.29, 1.82) is 0 Å². The Morgan fingerprint density at radius 2 is 1.50 bits per heavy atom. The molecule has 0 saturated carbocycles. The number of ketones is 1. The summed E-state index contributed by atoms with van der Waals surface area (Å²) >= 11 is 0. The quantitative estimate of drug-likeness (QED) is 0.221. The molecule has 0 aromatic heterocycles. The summed E-state index contributed by atoms with van der Waals surface area (Å²) in [5.41, 5.74) is 10.7. The van der Waals surface area contributed by atoms with Crippen LogP contribution < -0.4 is 5.32 Å². The third-order valence-corrected chi connectivity index (χ3v) is 9.09. The lowest BCUT2D eigenvalue weighted by Gasteiger charge is -2.32. The van der Waals surface area contributed by atoms with Crippen LogP contribution in [-0.4, -0.2) is 11.3 Å². The van der Waals surface area contributed by atoms with E-state index in [4.69, 9.17) is 0 Å². The van der Waals surface area contributed by atoms with Crippen molar-refractivity contribution < 1.29 is 4.79 Å². The van der Waals surface area contributed by atoms with E-state index in [1.54, 1.807) is 6.92 Å². The summed E-state index contributed by atoms with van der Waals surface area (Å²) in [7, 11) is 0. The first-order valence-electron chi connectivity index (χ1n) is 15.2. The monoisotopic (exact) mass is 551 g/mol. The molecule has 0 amide bonds. The average Bonchev–Trinajstić information content (AvgIpc) is 2.97. The number of carbonyl (C=O) groups is 1. The van der Waals surface area contributed by atoms with Crippen LogP contribution >= 0.6 is 0 Å². The molecule has 5 aromatic rings. The minimum absolute atomic E-state index is 0.0239. The van der Waals surface area contributed by atoms with Gasteiger partial charge in [-0.05, 0) is 110 Å². The molecule has 0 saturated heterocycles. The number of Topliss-reactive ketones (excluding diaryl/α,β-unsaturated/α-hetero) is 1. The maximum atomic E-state index is 12.4. The lowest BCUT2D eigenvalue weighted by Crippen LogP contribution is -2.32. The van der Waals surface area contributed by atoms with Crippen LogP contribution in [0, 0.1) is 13.8 Å². The number of aryl methyl sites for hydroxylation is 2. The highest BCUT2D eigenvalue weighted by Gasteiger charge is 2.32. The number of nitrogens with one attached hydrogen (secondary N) is 1. The molecule has 5 aromatic carbocycles. The predicted octanol–water partition coefficient (Wildman–Crippen LogP) is 10.5. The van der Waals surface area contributed by atoms with Gasteiger partial charge < -0.3 is 5.32 Å². The van der Waals surface area contributed by atoms with Crippen molar-refractivity contribution in [3.8, 4) is 0 Å². The Morgan fingerprint density at radius 3 is 2.26 bits per heavy atom. The van der Waals surface area contributed by atoms with Crippen LogP contribution in [0.3, 0.4) is 0 Å². The molecule has 1 heterocycles. The first-order valence-corrected chi connectivity index (χ1v) is 15.2. The highest BCUT2D eigenvalue weighted by molar-refractivity contribution is 6.09. The fraction of sp³-hybridized carbons (Fsp3) is 0.275. The molecule has 2 atom stereocenters. The summed E-state index contributed by atoms with van der Waals surface area (Å²) in [6, 6.07) is 32.7. The van der Waals surface area contributed by atoms with Crippen molar-refractivity contribution in [3.05, 3.63) is 130 Å². The van der Waals surface area contributed by atoms with E-state index < -0.39 is 0 Å². The third kappa shape index (κ3) is 5.15. The Bertz CT molecular complexity index is 1840. The molecule has 1 N–H and O–H groups in total. The van der Waals surface area contributed by atoms with Crippen LogP contribution in [0.25, 0.3) is 27.1 Å². The molecule has 1 aliphatic carbocycles. The zero-order valence-electron chi connectivity index (χ0n) is 25.7. The SMILES string of the molecule is CC(=O)C1CCC(c2ccccc2)c2c1ccc1c2ccc2ccccc21.CC1=CC(C)(C)Nc2c(C)cc(C)cc21.